The molecule has 0 amide bonds. The second kappa shape index (κ2) is 5.08. The van der Waals surface area contributed by atoms with E-state index in [-0.39, 0.29) is 5.56 Å². The van der Waals surface area contributed by atoms with E-state index in [2.05, 4.69) is 11.4 Å². The van der Waals surface area contributed by atoms with Crippen LogP contribution >= 0.6 is 0 Å². The summed E-state index contributed by atoms with van der Waals surface area (Å²) >= 11 is 0. The second-order valence-electron chi connectivity index (χ2n) is 5.48. The van der Waals surface area contributed by atoms with Gasteiger partial charge in [-0.3, -0.25) is 4.79 Å². The molecule has 1 aromatic heterocycles. The van der Waals surface area contributed by atoms with Gasteiger partial charge in [-0.2, -0.15) is 0 Å². The van der Waals surface area contributed by atoms with Crippen molar-refractivity contribution in [1.82, 2.24) is 4.57 Å². The predicted octanol–water partition coefficient (Wildman–Crippen LogP) is 3.14. The Morgan fingerprint density at radius 2 is 2.11 bits per heavy atom. The topological polar surface area (TPSA) is 34.0 Å². The molecule has 3 rings (SSSR count). The minimum Gasteiger partial charge on any atom is -0.384 e. The summed E-state index contributed by atoms with van der Waals surface area (Å²) in [5.41, 5.74) is 2.00. The van der Waals surface area contributed by atoms with Gasteiger partial charge in [-0.05, 0) is 24.8 Å². The molecule has 1 aromatic carbocycles. The summed E-state index contributed by atoms with van der Waals surface area (Å²) in [6, 6.07) is 9.75. The van der Waals surface area contributed by atoms with Gasteiger partial charge in [0.1, 0.15) is 0 Å². The minimum atomic E-state index is 0.0448. The maximum atomic E-state index is 11.9. The van der Waals surface area contributed by atoms with Gasteiger partial charge in [-0.1, -0.05) is 31.0 Å². The number of hydrogen-bond donors (Lipinski definition) is 1. The quantitative estimate of drug-likeness (QED) is 0.834. The third-order valence-corrected chi connectivity index (χ3v) is 3.96. The van der Waals surface area contributed by atoms with Gasteiger partial charge in [0, 0.05) is 30.7 Å². The van der Waals surface area contributed by atoms with Crippen LogP contribution in [0.15, 0.2) is 35.1 Å². The average Bonchev–Trinajstić information content (AvgIpc) is 3.24. The Labute approximate surface area is 113 Å². The molecular formula is C16H20N2O. The highest BCUT2D eigenvalue weighted by molar-refractivity contribution is 5.91. The van der Waals surface area contributed by atoms with E-state index in [4.69, 9.17) is 0 Å². The Morgan fingerprint density at radius 3 is 2.89 bits per heavy atom. The molecule has 2 aromatic rings. The summed E-state index contributed by atoms with van der Waals surface area (Å²) < 4.78 is 1.70. The fourth-order valence-electron chi connectivity index (χ4n) is 2.58. The second-order valence-corrected chi connectivity index (χ2v) is 5.48. The number of nitrogens with zero attached hydrogens (tertiary/aromatic N) is 1. The van der Waals surface area contributed by atoms with Gasteiger partial charge in [0.2, 0.25) is 0 Å². The zero-order valence-electron chi connectivity index (χ0n) is 11.4. The first-order valence-electron chi connectivity index (χ1n) is 7.08. The molecular weight excluding hydrogens is 236 g/mol. The molecule has 1 aliphatic rings. The highest BCUT2D eigenvalue weighted by atomic mass is 16.1. The molecule has 100 valence electrons. The molecule has 1 aliphatic carbocycles. The van der Waals surface area contributed by atoms with Gasteiger partial charge in [-0.25, -0.2) is 0 Å². The molecule has 3 nitrogen and oxygen atoms in total. The summed E-state index contributed by atoms with van der Waals surface area (Å²) in [6.07, 6.45) is 5.33. The number of anilines is 1. The summed E-state index contributed by atoms with van der Waals surface area (Å²) in [7, 11) is 1.82. The molecule has 0 radical (unpaired) electrons. The fraction of sp³-hybridized carbons (Fsp3) is 0.438. The smallest absolute Gasteiger partial charge is 0.252 e. The van der Waals surface area contributed by atoms with Crippen molar-refractivity contribution in [2.75, 3.05) is 11.9 Å². The molecule has 19 heavy (non-hydrogen) atoms. The van der Waals surface area contributed by atoms with Crippen LogP contribution in [-0.2, 0) is 7.05 Å². The normalized spacial score (nSPS) is 14.8. The van der Waals surface area contributed by atoms with E-state index < -0.39 is 0 Å². The Hall–Kier alpha value is -1.77. The van der Waals surface area contributed by atoms with Crippen molar-refractivity contribution in [2.45, 2.75) is 25.7 Å². The van der Waals surface area contributed by atoms with E-state index in [1.807, 2.05) is 25.2 Å². The van der Waals surface area contributed by atoms with Crippen molar-refractivity contribution in [3.8, 4) is 0 Å². The lowest BCUT2D eigenvalue weighted by Crippen LogP contribution is -2.17. The predicted molar refractivity (Wildman–Crippen MR) is 79.6 cm³/mol. The van der Waals surface area contributed by atoms with Gasteiger partial charge >= 0.3 is 0 Å². The molecule has 0 spiro atoms. The zero-order valence-corrected chi connectivity index (χ0v) is 11.4. The number of para-hydroxylation sites is 1. The number of fused-ring (bicyclic) bond motifs is 1. The van der Waals surface area contributed by atoms with Crippen LogP contribution in [0.5, 0.6) is 0 Å². The Morgan fingerprint density at radius 1 is 1.32 bits per heavy atom. The van der Waals surface area contributed by atoms with Crippen LogP contribution in [-0.4, -0.2) is 11.1 Å². The van der Waals surface area contributed by atoms with E-state index in [0.29, 0.717) is 0 Å². The van der Waals surface area contributed by atoms with Crippen molar-refractivity contribution < 1.29 is 0 Å². The van der Waals surface area contributed by atoms with Crippen molar-refractivity contribution in [3.63, 3.8) is 0 Å². The van der Waals surface area contributed by atoms with Gasteiger partial charge in [-0.15, -0.1) is 0 Å². The molecule has 1 fully saturated rings. The average molecular weight is 256 g/mol. The molecule has 0 atom stereocenters. The maximum absolute atomic E-state index is 11.9. The first kappa shape index (κ1) is 12.3. The van der Waals surface area contributed by atoms with Crippen LogP contribution in [0.3, 0.4) is 0 Å². The molecule has 1 N–H and O–H groups in total. The standard InChI is InChI=1S/C16H20N2O/c1-18-15-7-3-2-6-13(15)14(11-16(18)19)17-10-4-5-12-8-9-12/h2-3,6-7,11-12,17H,4-5,8-10H2,1H3. The van der Waals surface area contributed by atoms with E-state index in [9.17, 15) is 4.79 Å². The van der Waals surface area contributed by atoms with E-state index in [0.717, 1.165) is 29.1 Å². The third-order valence-electron chi connectivity index (χ3n) is 3.96. The number of nitrogens with one attached hydrogen (secondary N) is 1. The molecule has 1 saturated carbocycles. The Bertz CT molecular complexity index is 641. The minimum absolute atomic E-state index is 0.0448. The van der Waals surface area contributed by atoms with Crippen LogP contribution in [0.1, 0.15) is 25.7 Å². The van der Waals surface area contributed by atoms with Gasteiger partial charge in [0.05, 0.1) is 5.52 Å². The SMILES string of the molecule is Cn1c(=O)cc(NCCCC2CC2)c2ccccc21. The monoisotopic (exact) mass is 256 g/mol. The number of hydrogen-bond acceptors (Lipinski definition) is 2. The van der Waals surface area contributed by atoms with E-state index >= 15 is 0 Å². The lowest BCUT2D eigenvalue weighted by Gasteiger charge is -2.12. The number of benzene rings is 1. The van der Waals surface area contributed by atoms with Gasteiger partial charge in [0.15, 0.2) is 0 Å². The Kier molecular flexibility index (Phi) is 3.28. The summed E-state index contributed by atoms with van der Waals surface area (Å²) in [5.74, 6) is 0.974. The van der Waals surface area contributed by atoms with Crippen LogP contribution < -0.4 is 10.9 Å². The molecule has 3 heteroatoms. The van der Waals surface area contributed by atoms with Crippen molar-refractivity contribution >= 4 is 16.6 Å². The van der Waals surface area contributed by atoms with E-state index in [1.54, 1.807) is 10.6 Å². The van der Waals surface area contributed by atoms with Crippen LogP contribution in [0.25, 0.3) is 10.9 Å². The first-order chi connectivity index (χ1) is 9.25. The number of pyridine rings is 1. The molecule has 0 bridgehead atoms. The highest BCUT2D eigenvalue weighted by Gasteiger charge is 2.19. The van der Waals surface area contributed by atoms with Crippen LogP contribution in [0, 0.1) is 5.92 Å². The van der Waals surface area contributed by atoms with Gasteiger partial charge < -0.3 is 9.88 Å². The van der Waals surface area contributed by atoms with Crippen molar-refractivity contribution in [3.05, 3.63) is 40.7 Å². The number of aromatic nitrogens is 1. The zero-order chi connectivity index (χ0) is 13.2. The third kappa shape index (κ3) is 2.65. The van der Waals surface area contributed by atoms with Gasteiger partial charge in [0.25, 0.3) is 5.56 Å². The van der Waals surface area contributed by atoms with E-state index in [1.165, 1.54) is 25.7 Å². The summed E-state index contributed by atoms with van der Waals surface area (Å²) in [4.78, 5) is 11.9. The maximum Gasteiger partial charge on any atom is 0.252 e. The summed E-state index contributed by atoms with van der Waals surface area (Å²) in [6.45, 7) is 0.952. The van der Waals surface area contributed by atoms with Crippen LogP contribution in [0.2, 0.25) is 0 Å². The number of aryl methyl sites for hydroxylation is 1. The fourth-order valence-corrected chi connectivity index (χ4v) is 2.58. The highest BCUT2D eigenvalue weighted by Crippen LogP contribution is 2.33. The number of rotatable bonds is 5. The first-order valence-corrected chi connectivity index (χ1v) is 7.08. The largest absolute Gasteiger partial charge is 0.384 e. The molecule has 0 aliphatic heterocycles. The molecule has 1 heterocycles. The molecule has 0 saturated heterocycles. The van der Waals surface area contributed by atoms with Crippen LogP contribution in [0.4, 0.5) is 5.69 Å². The lowest BCUT2D eigenvalue weighted by atomic mass is 10.1. The Balaban J connectivity index is 1.81. The molecule has 0 unspecified atom stereocenters. The lowest BCUT2D eigenvalue weighted by molar-refractivity contribution is 0.687. The van der Waals surface area contributed by atoms with Crippen molar-refractivity contribution in [2.24, 2.45) is 13.0 Å². The summed E-state index contributed by atoms with van der Waals surface area (Å²) in [5, 5.41) is 4.55. The van der Waals surface area contributed by atoms with Crippen molar-refractivity contribution in [1.29, 1.82) is 0 Å².